The van der Waals surface area contributed by atoms with E-state index in [1.165, 1.54) is 19.1 Å². The van der Waals surface area contributed by atoms with Gasteiger partial charge in [-0.1, -0.05) is 58.6 Å². The Kier molecular flexibility index (Phi) is 10.6. The van der Waals surface area contributed by atoms with Gasteiger partial charge in [0.2, 0.25) is 15.9 Å². The summed E-state index contributed by atoms with van der Waals surface area (Å²) in [6, 6.07) is 8.08. The monoisotopic (exact) mass is 501 g/mol. The molecule has 2 aromatic rings. The third kappa shape index (κ3) is 6.99. The van der Waals surface area contributed by atoms with Gasteiger partial charge in [0.05, 0.1) is 0 Å². The van der Waals surface area contributed by atoms with Crippen LogP contribution in [0.1, 0.15) is 70.4 Å². The highest BCUT2D eigenvalue weighted by atomic mass is 32.2. The number of rotatable bonds is 13. The van der Waals surface area contributed by atoms with E-state index in [4.69, 9.17) is 0 Å². The molecular formula is C25H35N5O4S. The summed E-state index contributed by atoms with van der Waals surface area (Å²) in [6.07, 6.45) is 5.32. The van der Waals surface area contributed by atoms with E-state index >= 15 is 0 Å². The van der Waals surface area contributed by atoms with Crippen LogP contribution in [0.15, 0.2) is 44.2 Å². The lowest BCUT2D eigenvalue weighted by molar-refractivity contribution is 0.399. The Morgan fingerprint density at radius 3 is 2.46 bits per heavy atom. The molecule has 1 heterocycles. The number of nitriles is 1. The molecule has 190 valence electrons. The first-order chi connectivity index (χ1) is 16.7. The quantitative estimate of drug-likeness (QED) is 0.352. The van der Waals surface area contributed by atoms with E-state index in [2.05, 4.69) is 21.9 Å². The van der Waals surface area contributed by atoms with Crippen molar-refractivity contribution in [3.63, 3.8) is 0 Å². The van der Waals surface area contributed by atoms with E-state index in [1.54, 1.807) is 12.1 Å². The van der Waals surface area contributed by atoms with Gasteiger partial charge in [0.15, 0.2) is 5.69 Å². The summed E-state index contributed by atoms with van der Waals surface area (Å²) in [7, 11) is -3.86. The summed E-state index contributed by atoms with van der Waals surface area (Å²) in [5.74, 6) is -0.160. The highest BCUT2D eigenvalue weighted by Crippen LogP contribution is 2.29. The lowest BCUT2D eigenvalue weighted by Gasteiger charge is -2.16. The molecule has 0 aliphatic heterocycles. The molecule has 0 aliphatic carbocycles. The van der Waals surface area contributed by atoms with E-state index in [9.17, 15) is 23.6 Å². The highest BCUT2D eigenvalue weighted by molar-refractivity contribution is 7.89. The summed E-state index contributed by atoms with van der Waals surface area (Å²) in [4.78, 5) is 12.9. The fourth-order valence-corrected chi connectivity index (χ4v) is 4.95. The number of hydrogen-bond donors (Lipinski definition) is 2. The number of unbranched alkanes of at least 4 members (excludes halogenated alkanes) is 2. The van der Waals surface area contributed by atoms with Crippen molar-refractivity contribution < 1.29 is 13.5 Å². The molecule has 2 N–H and O–H groups in total. The van der Waals surface area contributed by atoms with Crippen LogP contribution in [0.4, 0.5) is 11.4 Å². The molecule has 0 spiro atoms. The molecule has 0 aliphatic rings. The van der Waals surface area contributed by atoms with Gasteiger partial charge in [-0.25, -0.2) is 13.1 Å². The van der Waals surface area contributed by atoms with Crippen LogP contribution >= 0.6 is 0 Å². The normalized spacial score (nSPS) is 12.7. The minimum Gasteiger partial charge on any atom is -0.493 e. The van der Waals surface area contributed by atoms with E-state index < -0.39 is 21.5 Å². The molecule has 0 fully saturated rings. The maximum Gasteiger partial charge on any atom is 0.281 e. The van der Waals surface area contributed by atoms with Crippen LogP contribution in [0.2, 0.25) is 0 Å². The molecule has 9 nitrogen and oxygen atoms in total. The van der Waals surface area contributed by atoms with Gasteiger partial charge in [0, 0.05) is 18.7 Å². The average Bonchev–Trinajstić information content (AvgIpc) is 2.84. The standard InChI is InChI=1S/C25H35N5O4S/c1-5-8-12-19(7-3)17-27-35(33,34)22-14-11-10-13-21(22)28-29-23-18(4)20(16-26)24(31)30(25(23)32)15-9-6-2/h10-11,13-14,19,27,31H,5-9,12,15,17H2,1-4H3. The zero-order valence-corrected chi connectivity index (χ0v) is 21.7. The van der Waals surface area contributed by atoms with Crippen molar-refractivity contribution in [3.05, 3.63) is 45.7 Å². The number of nitrogens with one attached hydrogen (secondary N) is 1. The Morgan fingerprint density at radius 1 is 1.14 bits per heavy atom. The number of nitrogens with zero attached hydrogens (tertiary/aromatic N) is 4. The van der Waals surface area contributed by atoms with E-state index in [-0.39, 0.29) is 39.9 Å². The molecule has 0 saturated carbocycles. The van der Waals surface area contributed by atoms with Gasteiger partial charge < -0.3 is 5.11 Å². The first-order valence-electron chi connectivity index (χ1n) is 12.1. The maximum absolute atomic E-state index is 13.1. The number of pyridine rings is 1. The van der Waals surface area contributed by atoms with Crippen molar-refractivity contribution in [1.29, 1.82) is 5.26 Å². The molecule has 35 heavy (non-hydrogen) atoms. The summed E-state index contributed by atoms with van der Waals surface area (Å²) < 4.78 is 29.9. The van der Waals surface area contributed by atoms with Crippen LogP contribution in [-0.4, -0.2) is 24.6 Å². The highest BCUT2D eigenvalue weighted by Gasteiger charge is 2.21. The zero-order valence-electron chi connectivity index (χ0n) is 20.9. The molecular weight excluding hydrogens is 466 g/mol. The van der Waals surface area contributed by atoms with Crippen molar-refractivity contribution in [2.24, 2.45) is 16.1 Å². The smallest absolute Gasteiger partial charge is 0.281 e. The maximum atomic E-state index is 13.1. The number of sulfonamides is 1. The second-order valence-corrected chi connectivity index (χ2v) is 10.3. The van der Waals surface area contributed by atoms with Crippen molar-refractivity contribution in [1.82, 2.24) is 9.29 Å². The van der Waals surface area contributed by atoms with Gasteiger partial charge in [-0.05, 0) is 37.8 Å². The van der Waals surface area contributed by atoms with Crippen molar-refractivity contribution >= 4 is 21.4 Å². The number of benzene rings is 1. The van der Waals surface area contributed by atoms with Crippen LogP contribution in [0.5, 0.6) is 5.88 Å². The molecule has 1 aromatic carbocycles. The largest absolute Gasteiger partial charge is 0.493 e. The van der Waals surface area contributed by atoms with E-state index in [0.29, 0.717) is 13.0 Å². The Morgan fingerprint density at radius 2 is 1.83 bits per heavy atom. The Hall–Kier alpha value is -3.03. The molecule has 1 atom stereocenters. The predicted molar refractivity (Wildman–Crippen MR) is 136 cm³/mol. The van der Waals surface area contributed by atoms with Gasteiger partial charge in [-0.15, -0.1) is 10.2 Å². The third-order valence-corrected chi connectivity index (χ3v) is 7.49. The average molecular weight is 502 g/mol. The van der Waals surface area contributed by atoms with Crippen LogP contribution in [-0.2, 0) is 16.6 Å². The number of aromatic hydroxyl groups is 1. The van der Waals surface area contributed by atoms with E-state index in [0.717, 1.165) is 36.7 Å². The minimum atomic E-state index is -3.86. The third-order valence-electron chi connectivity index (χ3n) is 6.02. The molecule has 2 rings (SSSR count). The molecule has 0 saturated heterocycles. The minimum absolute atomic E-state index is 0.0441. The number of azo groups is 1. The molecule has 0 radical (unpaired) electrons. The Labute approximate surface area is 207 Å². The molecule has 0 bridgehead atoms. The summed E-state index contributed by atoms with van der Waals surface area (Å²) in [5, 5.41) is 28.0. The zero-order chi connectivity index (χ0) is 26.0. The van der Waals surface area contributed by atoms with Crippen molar-refractivity contribution in [2.45, 2.75) is 77.7 Å². The van der Waals surface area contributed by atoms with E-state index in [1.807, 2.05) is 19.9 Å². The molecule has 0 amide bonds. The fraction of sp³-hybridized carbons (Fsp3) is 0.520. The Bertz CT molecular complexity index is 1250. The van der Waals surface area contributed by atoms with Gasteiger partial charge in [0.1, 0.15) is 22.2 Å². The van der Waals surface area contributed by atoms with Crippen LogP contribution in [0.3, 0.4) is 0 Å². The second kappa shape index (κ2) is 13.2. The first kappa shape index (κ1) is 28.2. The molecule has 10 heteroatoms. The first-order valence-corrected chi connectivity index (χ1v) is 13.6. The molecule has 1 unspecified atom stereocenters. The summed E-state index contributed by atoms with van der Waals surface area (Å²) >= 11 is 0. The van der Waals surface area contributed by atoms with Crippen LogP contribution in [0.25, 0.3) is 0 Å². The Balaban J connectivity index is 2.44. The van der Waals surface area contributed by atoms with Gasteiger partial charge >= 0.3 is 0 Å². The topological polar surface area (TPSA) is 137 Å². The predicted octanol–water partition coefficient (Wildman–Crippen LogP) is 5.44. The van der Waals surface area contributed by atoms with Crippen LogP contribution in [0, 0.1) is 24.2 Å². The summed E-state index contributed by atoms with van der Waals surface area (Å²) in [5.41, 5.74) is -0.494. The number of hydrogen-bond acceptors (Lipinski definition) is 7. The lowest BCUT2D eigenvalue weighted by Crippen LogP contribution is -2.29. The SMILES string of the molecule is CCCCC(CC)CNS(=O)(=O)c1ccccc1N=Nc1c(C)c(C#N)c(O)n(CCCC)c1=O. The summed E-state index contributed by atoms with van der Waals surface area (Å²) in [6.45, 7) is 8.15. The second-order valence-electron chi connectivity index (χ2n) is 8.53. The molecule has 1 aromatic heterocycles. The van der Waals surface area contributed by atoms with Crippen molar-refractivity contribution in [3.8, 4) is 11.9 Å². The van der Waals surface area contributed by atoms with Gasteiger partial charge in [-0.2, -0.15) is 5.26 Å². The van der Waals surface area contributed by atoms with Crippen LogP contribution < -0.4 is 10.3 Å². The van der Waals surface area contributed by atoms with Gasteiger partial charge in [-0.3, -0.25) is 9.36 Å². The van der Waals surface area contributed by atoms with Crippen molar-refractivity contribution in [2.75, 3.05) is 6.54 Å². The van der Waals surface area contributed by atoms with Gasteiger partial charge in [0.25, 0.3) is 5.56 Å². The lowest BCUT2D eigenvalue weighted by atomic mass is 10.00. The fourth-order valence-electron chi connectivity index (χ4n) is 3.70. The number of aromatic nitrogens is 1.